The second-order valence-electron chi connectivity index (χ2n) is 5.49. The second kappa shape index (κ2) is 6.76. The van der Waals surface area contributed by atoms with E-state index in [0.29, 0.717) is 17.4 Å². The lowest BCUT2D eigenvalue weighted by molar-refractivity contribution is -0.135. The van der Waals surface area contributed by atoms with E-state index in [1.165, 1.54) is 0 Å². The molecular weight excluding hydrogens is 272 g/mol. The van der Waals surface area contributed by atoms with Gasteiger partial charge in [0.1, 0.15) is 5.92 Å². The molecule has 0 aromatic heterocycles. The fraction of sp³-hybridized carbons (Fsp3) is 0.500. The van der Waals surface area contributed by atoms with Crippen LogP contribution in [0, 0.1) is 23.2 Å². The van der Waals surface area contributed by atoms with Crippen molar-refractivity contribution in [2.45, 2.75) is 26.2 Å². The van der Waals surface area contributed by atoms with Gasteiger partial charge in [-0.3, -0.25) is 4.79 Å². The van der Waals surface area contributed by atoms with Crippen LogP contribution in [-0.4, -0.2) is 23.9 Å². The first-order valence-corrected chi connectivity index (χ1v) is 7.41. The zero-order chi connectivity index (χ0) is 14.5. The van der Waals surface area contributed by atoms with Crippen LogP contribution in [0.15, 0.2) is 24.3 Å². The minimum Gasteiger partial charge on any atom is -0.342 e. The second-order valence-corrected chi connectivity index (χ2v) is 5.89. The Bertz CT molecular complexity index is 515. The van der Waals surface area contributed by atoms with Gasteiger partial charge < -0.3 is 4.90 Å². The van der Waals surface area contributed by atoms with Gasteiger partial charge in [0.25, 0.3) is 0 Å². The number of amides is 1. The molecule has 0 N–H and O–H groups in total. The van der Waals surface area contributed by atoms with E-state index in [4.69, 9.17) is 11.6 Å². The summed E-state index contributed by atoms with van der Waals surface area (Å²) in [4.78, 5) is 14.2. The lowest BCUT2D eigenvalue weighted by Crippen LogP contribution is -2.41. The minimum absolute atomic E-state index is 0.0562. The zero-order valence-corrected chi connectivity index (χ0v) is 12.4. The average Bonchev–Trinajstić information content (AvgIpc) is 2.46. The molecule has 20 heavy (non-hydrogen) atoms. The first-order chi connectivity index (χ1) is 9.61. The van der Waals surface area contributed by atoms with Gasteiger partial charge in [-0.25, -0.2) is 0 Å². The molecular formula is C16H19ClN2O. The van der Waals surface area contributed by atoms with Gasteiger partial charge in [-0.2, -0.15) is 5.26 Å². The topological polar surface area (TPSA) is 44.1 Å². The van der Waals surface area contributed by atoms with Gasteiger partial charge in [-0.15, -0.1) is 0 Å². The number of hydrogen-bond acceptors (Lipinski definition) is 2. The number of hydrogen-bond donors (Lipinski definition) is 0. The average molecular weight is 291 g/mol. The van der Waals surface area contributed by atoms with E-state index in [9.17, 15) is 10.1 Å². The summed E-state index contributed by atoms with van der Waals surface area (Å²) in [7, 11) is 0. The van der Waals surface area contributed by atoms with Crippen LogP contribution in [0.1, 0.15) is 25.3 Å². The van der Waals surface area contributed by atoms with E-state index in [1.807, 2.05) is 23.1 Å². The van der Waals surface area contributed by atoms with Gasteiger partial charge >= 0.3 is 0 Å². The van der Waals surface area contributed by atoms with Crippen LogP contribution in [0.25, 0.3) is 0 Å². The summed E-state index contributed by atoms with van der Waals surface area (Å²) in [6.07, 6.45) is 2.44. The van der Waals surface area contributed by atoms with Crippen molar-refractivity contribution in [3.8, 4) is 6.07 Å². The molecule has 0 spiro atoms. The van der Waals surface area contributed by atoms with Gasteiger partial charge in [0, 0.05) is 18.1 Å². The number of halogens is 1. The Morgan fingerprint density at radius 2 is 2.10 bits per heavy atom. The standard InChI is InChI=1S/C16H19ClN2O/c1-12-6-8-19(9-7-12)16(20)14(11-18)10-13-4-2-3-5-15(13)17/h2-5,12,14H,6-10H2,1H3. The van der Waals surface area contributed by atoms with Crippen molar-refractivity contribution in [1.29, 1.82) is 5.26 Å². The highest BCUT2D eigenvalue weighted by Gasteiger charge is 2.27. The molecule has 1 atom stereocenters. The summed E-state index contributed by atoms with van der Waals surface area (Å²) in [5, 5.41) is 9.91. The molecule has 1 amide bonds. The number of nitrogens with zero attached hydrogens (tertiary/aromatic N) is 2. The molecule has 1 aliphatic rings. The first-order valence-electron chi connectivity index (χ1n) is 7.03. The van der Waals surface area contributed by atoms with Crippen LogP contribution in [0.4, 0.5) is 0 Å². The normalized spacial score (nSPS) is 17.6. The Morgan fingerprint density at radius 3 is 2.70 bits per heavy atom. The Morgan fingerprint density at radius 1 is 1.45 bits per heavy atom. The van der Waals surface area contributed by atoms with E-state index < -0.39 is 5.92 Å². The first kappa shape index (κ1) is 14.9. The fourth-order valence-electron chi connectivity index (χ4n) is 2.52. The van der Waals surface area contributed by atoms with Crippen LogP contribution in [0.3, 0.4) is 0 Å². The molecule has 1 aliphatic heterocycles. The quantitative estimate of drug-likeness (QED) is 0.857. The highest BCUT2D eigenvalue weighted by molar-refractivity contribution is 6.31. The third kappa shape index (κ3) is 3.52. The number of piperidine rings is 1. The summed E-state index contributed by atoms with van der Waals surface area (Å²) in [5.74, 6) is -0.0224. The summed E-state index contributed by atoms with van der Waals surface area (Å²) in [6, 6.07) is 9.53. The van der Waals surface area contributed by atoms with E-state index >= 15 is 0 Å². The maximum Gasteiger partial charge on any atom is 0.240 e. The van der Waals surface area contributed by atoms with Gasteiger partial charge in [-0.05, 0) is 36.8 Å². The van der Waals surface area contributed by atoms with E-state index in [2.05, 4.69) is 13.0 Å². The number of benzene rings is 1. The highest BCUT2D eigenvalue weighted by Crippen LogP contribution is 2.22. The maximum atomic E-state index is 12.4. The fourth-order valence-corrected chi connectivity index (χ4v) is 2.73. The van der Waals surface area contributed by atoms with Crippen LogP contribution in [-0.2, 0) is 11.2 Å². The SMILES string of the molecule is CC1CCN(C(=O)C(C#N)Cc2ccccc2Cl)CC1. The molecule has 1 heterocycles. The molecule has 1 aromatic rings. The van der Waals surface area contributed by atoms with Crippen LogP contribution < -0.4 is 0 Å². The smallest absolute Gasteiger partial charge is 0.240 e. The van der Waals surface area contributed by atoms with Crippen molar-refractivity contribution >= 4 is 17.5 Å². The third-order valence-electron chi connectivity index (χ3n) is 3.93. The zero-order valence-electron chi connectivity index (χ0n) is 11.7. The number of carbonyl (C=O) groups excluding carboxylic acids is 1. The molecule has 3 nitrogen and oxygen atoms in total. The van der Waals surface area contributed by atoms with Crippen molar-refractivity contribution in [2.75, 3.05) is 13.1 Å². The Balaban J connectivity index is 2.03. The number of likely N-dealkylation sites (tertiary alicyclic amines) is 1. The predicted octanol–water partition coefficient (Wildman–Crippen LogP) is 3.28. The molecule has 4 heteroatoms. The van der Waals surface area contributed by atoms with Crippen LogP contribution in [0.5, 0.6) is 0 Å². The number of rotatable bonds is 3. The molecule has 0 radical (unpaired) electrons. The molecule has 2 rings (SSSR count). The van der Waals surface area contributed by atoms with Gasteiger partial charge in [0.05, 0.1) is 6.07 Å². The molecule has 1 unspecified atom stereocenters. The summed E-state index contributed by atoms with van der Waals surface area (Å²) in [5.41, 5.74) is 0.861. The molecule has 0 saturated carbocycles. The Hall–Kier alpha value is -1.53. The summed E-state index contributed by atoms with van der Waals surface area (Å²) in [6.45, 7) is 3.73. The minimum atomic E-state index is -0.636. The van der Waals surface area contributed by atoms with Crippen molar-refractivity contribution in [3.63, 3.8) is 0 Å². The van der Waals surface area contributed by atoms with E-state index in [0.717, 1.165) is 31.5 Å². The van der Waals surface area contributed by atoms with E-state index in [-0.39, 0.29) is 5.91 Å². The Labute approximate surface area is 125 Å². The van der Waals surface area contributed by atoms with Crippen molar-refractivity contribution in [2.24, 2.45) is 11.8 Å². The molecule has 1 fully saturated rings. The number of carbonyl (C=O) groups is 1. The lowest BCUT2D eigenvalue weighted by atomic mass is 9.95. The maximum absolute atomic E-state index is 12.4. The molecule has 0 bridgehead atoms. The highest BCUT2D eigenvalue weighted by atomic mass is 35.5. The van der Waals surface area contributed by atoms with E-state index in [1.54, 1.807) is 6.07 Å². The van der Waals surface area contributed by atoms with Crippen LogP contribution in [0.2, 0.25) is 5.02 Å². The van der Waals surface area contributed by atoms with Gasteiger partial charge in [0.2, 0.25) is 5.91 Å². The van der Waals surface area contributed by atoms with Crippen molar-refractivity contribution in [3.05, 3.63) is 34.9 Å². The molecule has 0 aliphatic carbocycles. The molecule has 106 valence electrons. The van der Waals surface area contributed by atoms with Crippen molar-refractivity contribution < 1.29 is 4.79 Å². The predicted molar refractivity (Wildman–Crippen MR) is 79.2 cm³/mol. The third-order valence-corrected chi connectivity index (χ3v) is 4.30. The molecule has 1 aromatic carbocycles. The lowest BCUT2D eigenvalue weighted by Gasteiger charge is -2.31. The van der Waals surface area contributed by atoms with Gasteiger partial charge in [0.15, 0.2) is 0 Å². The number of nitriles is 1. The van der Waals surface area contributed by atoms with Crippen molar-refractivity contribution in [1.82, 2.24) is 4.90 Å². The summed E-state index contributed by atoms with van der Waals surface area (Å²) >= 11 is 6.10. The molecule has 1 saturated heterocycles. The summed E-state index contributed by atoms with van der Waals surface area (Å²) < 4.78 is 0. The Kier molecular flexibility index (Phi) is 5.03. The monoisotopic (exact) mass is 290 g/mol. The largest absolute Gasteiger partial charge is 0.342 e. The van der Waals surface area contributed by atoms with Crippen LogP contribution >= 0.6 is 11.6 Å². The van der Waals surface area contributed by atoms with Gasteiger partial charge in [-0.1, -0.05) is 36.7 Å².